The number of aryl methyl sites for hydroxylation is 1. The van der Waals surface area contributed by atoms with Gasteiger partial charge in [0.2, 0.25) is 0 Å². The van der Waals surface area contributed by atoms with Crippen molar-refractivity contribution in [2.24, 2.45) is 5.92 Å². The monoisotopic (exact) mass is 238 g/mol. The lowest BCUT2D eigenvalue weighted by molar-refractivity contribution is 0.0948. The van der Waals surface area contributed by atoms with Crippen molar-refractivity contribution in [3.63, 3.8) is 0 Å². The summed E-state index contributed by atoms with van der Waals surface area (Å²) in [5.74, 6) is 0.677. The summed E-state index contributed by atoms with van der Waals surface area (Å²) in [4.78, 5) is 12.7. The minimum Gasteiger partial charge on any atom is -0.351 e. The number of carbonyl (C=O) groups is 1. The molecule has 4 heteroatoms. The number of hydrogen-bond donors (Lipinski definition) is 2. The standard InChI is InChI=1S/C12H18N2OS/c1-9-4-6-16-11(9)12(15)14-8-10-3-2-5-13-7-10/h4,6,10,13H,2-3,5,7-8H2,1H3,(H,14,15)/t10-/m1/s1. The second-order valence-electron chi connectivity index (χ2n) is 4.36. The van der Waals surface area contributed by atoms with Crippen molar-refractivity contribution >= 4 is 17.2 Å². The van der Waals surface area contributed by atoms with E-state index in [4.69, 9.17) is 0 Å². The van der Waals surface area contributed by atoms with E-state index in [9.17, 15) is 4.79 Å². The van der Waals surface area contributed by atoms with E-state index in [1.54, 1.807) is 0 Å². The third-order valence-electron chi connectivity index (χ3n) is 3.02. The van der Waals surface area contributed by atoms with E-state index in [2.05, 4.69) is 10.6 Å². The number of carbonyl (C=O) groups excluding carboxylic acids is 1. The van der Waals surface area contributed by atoms with Crippen molar-refractivity contribution in [1.29, 1.82) is 0 Å². The molecule has 1 saturated heterocycles. The van der Waals surface area contributed by atoms with Crippen LogP contribution in [0.25, 0.3) is 0 Å². The molecular weight excluding hydrogens is 220 g/mol. The molecular formula is C12H18N2OS. The van der Waals surface area contributed by atoms with Crippen LogP contribution in [-0.2, 0) is 0 Å². The van der Waals surface area contributed by atoms with Crippen LogP contribution in [-0.4, -0.2) is 25.5 Å². The zero-order valence-corrected chi connectivity index (χ0v) is 10.4. The fraction of sp³-hybridized carbons (Fsp3) is 0.583. The maximum absolute atomic E-state index is 11.8. The molecule has 1 aromatic rings. The van der Waals surface area contributed by atoms with E-state index in [0.717, 1.165) is 30.1 Å². The summed E-state index contributed by atoms with van der Waals surface area (Å²) in [6.07, 6.45) is 2.44. The number of hydrogen-bond acceptors (Lipinski definition) is 3. The van der Waals surface area contributed by atoms with Gasteiger partial charge >= 0.3 is 0 Å². The third-order valence-corrected chi connectivity index (χ3v) is 4.03. The molecule has 1 amide bonds. The summed E-state index contributed by atoms with van der Waals surface area (Å²) in [5, 5.41) is 8.35. The molecule has 0 aromatic carbocycles. The Morgan fingerprint density at radius 1 is 1.69 bits per heavy atom. The molecule has 0 saturated carbocycles. The molecule has 16 heavy (non-hydrogen) atoms. The lowest BCUT2D eigenvalue weighted by atomic mass is 10.00. The number of rotatable bonds is 3. The van der Waals surface area contributed by atoms with Gasteiger partial charge < -0.3 is 10.6 Å². The Morgan fingerprint density at radius 2 is 2.56 bits per heavy atom. The van der Waals surface area contributed by atoms with Crippen LogP contribution >= 0.6 is 11.3 Å². The number of amides is 1. The molecule has 1 fully saturated rings. The lowest BCUT2D eigenvalue weighted by Gasteiger charge is -2.22. The second-order valence-corrected chi connectivity index (χ2v) is 5.27. The zero-order valence-electron chi connectivity index (χ0n) is 9.58. The Kier molecular flexibility index (Phi) is 3.96. The molecule has 0 unspecified atom stereocenters. The van der Waals surface area contributed by atoms with Crippen molar-refractivity contribution in [3.05, 3.63) is 21.9 Å². The van der Waals surface area contributed by atoms with Crippen molar-refractivity contribution in [2.45, 2.75) is 19.8 Å². The van der Waals surface area contributed by atoms with E-state index >= 15 is 0 Å². The maximum Gasteiger partial charge on any atom is 0.261 e. The quantitative estimate of drug-likeness (QED) is 0.843. The summed E-state index contributed by atoms with van der Waals surface area (Å²) in [6.45, 7) is 4.93. The van der Waals surface area contributed by atoms with Crippen molar-refractivity contribution in [3.8, 4) is 0 Å². The highest BCUT2D eigenvalue weighted by Crippen LogP contribution is 2.15. The smallest absolute Gasteiger partial charge is 0.261 e. The van der Waals surface area contributed by atoms with E-state index < -0.39 is 0 Å². The average molecular weight is 238 g/mol. The Bertz CT molecular complexity index is 356. The highest BCUT2D eigenvalue weighted by molar-refractivity contribution is 7.12. The van der Waals surface area contributed by atoms with Crippen LogP contribution in [0.1, 0.15) is 28.1 Å². The highest BCUT2D eigenvalue weighted by atomic mass is 32.1. The van der Waals surface area contributed by atoms with Gasteiger partial charge in [-0.25, -0.2) is 0 Å². The predicted octanol–water partition coefficient (Wildman–Crippen LogP) is 1.79. The Labute approximate surface area is 100 Å². The summed E-state index contributed by atoms with van der Waals surface area (Å²) in [5.41, 5.74) is 1.07. The van der Waals surface area contributed by atoms with Crippen LogP contribution in [0.15, 0.2) is 11.4 Å². The van der Waals surface area contributed by atoms with Crippen LogP contribution < -0.4 is 10.6 Å². The van der Waals surface area contributed by atoms with Gasteiger partial charge in [0.05, 0.1) is 4.88 Å². The SMILES string of the molecule is Cc1ccsc1C(=O)NC[C@@H]1CCCNC1. The van der Waals surface area contributed by atoms with Gasteiger partial charge in [0, 0.05) is 6.54 Å². The van der Waals surface area contributed by atoms with Crippen LogP contribution in [0.5, 0.6) is 0 Å². The Morgan fingerprint density at radius 3 is 3.19 bits per heavy atom. The topological polar surface area (TPSA) is 41.1 Å². The molecule has 2 heterocycles. The molecule has 1 aliphatic heterocycles. The van der Waals surface area contributed by atoms with Crippen LogP contribution in [0.4, 0.5) is 0 Å². The summed E-state index contributed by atoms with van der Waals surface area (Å²) in [6, 6.07) is 1.99. The van der Waals surface area contributed by atoms with Gasteiger partial charge in [-0.05, 0) is 55.8 Å². The molecule has 1 atom stereocenters. The number of piperidine rings is 1. The molecule has 88 valence electrons. The molecule has 0 spiro atoms. The average Bonchev–Trinajstić information content (AvgIpc) is 2.74. The van der Waals surface area contributed by atoms with Gasteiger partial charge in [-0.3, -0.25) is 4.79 Å². The second kappa shape index (κ2) is 5.46. The first-order valence-corrected chi connectivity index (χ1v) is 6.68. The van der Waals surface area contributed by atoms with Gasteiger partial charge in [-0.15, -0.1) is 11.3 Å². The minimum atomic E-state index is 0.0815. The summed E-state index contributed by atoms with van der Waals surface area (Å²) < 4.78 is 0. The largest absolute Gasteiger partial charge is 0.351 e. The van der Waals surface area contributed by atoms with E-state index in [0.29, 0.717) is 5.92 Å². The van der Waals surface area contributed by atoms with Gasteiger partial charge in [-0.2, -0.15) is 0 Å². The van der Waals surface area contributed by atoms with Crippen molar-refractivity contribution in [1.82, 2.24) is 10.6 Å². The molecule has 0 bridgehead atoms. The number of nitrogens with one attached hydrogen (secondary N) is 2. The molecule has 0 aliphatic carbocycles. The van der Waals surface area contributed by atoms with Crippen LogP contribution in [0, 0.1) is 12.8 Å². The van der Waals surface area contributed by atoms with E-state index in [1.807, 2.05) is 18.4 Å². The molecule has 2 rings (SSSR count). The third kappa shape index (κ3) is 2.83. The highest BCUT2D eigenvalue weighted by Gasteiger charge is 2.15. The van der Waals surface area contributed by atoms with Crippen LogP contribution in [0.3, 0.4) is 0 Å². The molecule has 1 aromatic heterocycles. The summed E-state index contributed by atoms with van der Waals surface area (Å²) in [7, 11) is 0. The zero-order chi connectivity index (χ0) is 11.4. The maximum atomic E-state index is 11.8. The first kappa shape index (κ1) is 11.6. The van der Waals surface area contributed by atoms with E-state index in [1.165, 1.54) is 24.2 Å². The first-order valence-electron chi connectivity index (χ1n) is 5.80. The molecule has 0 radical (unpaired) electrons. The molecule has 2 N–H and O–H groups in total. The fourth-order valence-electron chi connectivity index (χ4n) is 2.02. The van der Waals surface area contributed by atoms with Crippen molar-refractivity contribution in [2.75, 3.05) is 19.6 Å². The molecule has 1 aliphatic rings. The Hall–Kier alpha value is -0.870. The van der Waals surface area contributed by atoms with Crippen molar-refractivity contribution < 1.29 is 4.79 Å². The predicted molar refractivity (Wildman–Crippen MR) is 67.0 cm³/mol. The minimum absolute atomic E-state index is 0.0815. The lowest BCUT2D eigenvalue weighted by Crippen LogP contribution is -2.38. The Balaban J connectivity index is 1.81. The van der Waals surface area contributed by atoms with Crippen LogP contribution in [0.2, 0.25) is 0 Å². The van der Waals surface area contributed by atoms with Gasteiger partial charge in [-0.1, -0.05) is 0 Å². The van der Waals surface area contributed by atoms with Gasteiger partial charge in [0.1, 0.15) is 0 Å². The summed E-state index contributed by atoms with van der Waals surface area (Å²) >= 11 is 1.52. The normalized spacial score (nSPS) is 20.7. The van der Waals surface area contributed by atoms with Gasteiger partial charge in [0.25, 0.3) is 5.91 Å². The number of thiophene rings is 1. The molecule has 3 nitrogen and oxygen atoms in total. The fourth-order valence-corrected chi connectivity index (χ4v) is 2.86. The van der Waals surface area contributed by atoms with Gasteiger partial charge in [0.15, 0.2) is 0 Å². The first-order chi connectivity index (χ1) is 7.77. The van der Waals surface area contributed by atoms with E-state index in [-0.39, 0.29) is 5.91 Å².